The monoisotopic (exact) mass is 338 g/mol. The zero-order valence-electron chi connectivity index (χ0n) is 17.8. The molecule has 0 rings (SSSR count). The second-order valence-electron chi connectivity index (χ2n) is 8.72. The average molecular weight is 339 g/mol. The molecule has 0 aromatic heterocycles. The van der Waals surface area contributed by atoms with Crippen LogP contribution in [0.3, 0.4) is 0 Å². The van der Waals surface area contributed by atoms with Crippen LogP contribution >= 0.6 is 0 Å². The number of hydrogen-bond acceptors (Lipinski definition) is 0. The topological polar surface area (TPSA) is 0 Å². The van der Waals surface area contributed by atoms with Crippen LogP contribution in [0.4, 0.5) is 0 Å². The Morgan fingerprint density at radius 3 is 1.38 bits per heavy atom. The van der Waals surface area contributed by atoms with E-state index in [1.54, 1.807) is 0 Å². The summed E-state index contributed by atoms with van der Waals surface area (Å²) in [6, 6.07) is 0. The van der Waals surface area contributed by atoms with Gasteiger partial charge in [-0.2, -0.15) is 0 Å². The molecule has 0 aromatic carbocycles. The maximum absolute atomic E-state index is 2.38. The van der Waals surface area contributed by atoms with Crippen LogP contribution in [0.5, 0.6) is 0 Å². The number of unbranched alkanes of at least 4 members (excludes halogenated alkanes) is 13. The van der Waals surface area contributed by atoms with Crippen LogP contribution in [-0.2, 0) is 0 Å². The highest BCUT2D eigenvalue weighted by Gasteiger charge is 2.11. The van der Waals surface area contributed by atoms with E-state index in [0.29, 0.717) is 0 Å². The molecule has 0 unspecified atom stereocenters. The van der Waals surface area contributed by atoms with Crippen LogP contribution < -0.4 is 0 Å². The summed E-state index contributed by atoms with van der Waals surface area (Å²) in [4.78, 5) is 0. The van der Waals surface area contributed by atoms with Crippen LogP contribution in [-0.4, -0.2) is 31.7 Å². The van der Waals surface area contributed by atoms with Crippen molar-refractivity contribution in [2.75, 3.05) is 27.2 Å². The first-order valence-corrected chi connectivity index (χ1v) is 10.9. The largest absolute Gasteiger partial charge is 0.325 e. The number of allylic oxidation sites excluding steroid dienone is 1. The number of hydrogen-bond donors (Lipinski definition) is 0. The molecule has 0 spiro atoms. The van der Waals surface area contributed by atoms with Crippen LogP contribution in [0.1, 0.15) is 111 Å². The van der Waals surface area contributed by atoms with Gasteiger partial charge in [-0.15, -0.1) is 0 Å². The highest BCUT2D eigenvalue weighted by atomic mass is 15.3. The Morgan fingerprint density at radius 1 is 0.625 bits per heavy atom. The van der Waals surface area contributed by atoms with Gasteiger partial charge in [0.25, 0.3) is 0 Å². The van der Waals surface area contributed by atoms with Gasteiger partial charge in [0.05, 0.1) is 27.2 Å². The van der Waals surface area contributed by atoms with E-state index >= 15 is 0 Å². The third kappa shape index (κ3) is 18.0. The van der Waals surface area contributed by atoms with Gasteiger partial charge in [-0.3, -0.25) is 0 Å². The number of rotatable bonds is 17. The fourth-order valence-electron chi connectivity index (χ4n) is 3.26. The average Bonchev–Trinajstić information content (AvgIpc) is 2.53. The molecule has 0 saturated heterocycles. The van der Waals surface area contributed by atoms with Gasteiger partial charge >= 0.3 is 0 Å². The van der Waals surface area contributed by atoms with Crippen molar-refractivity contribution < 1.29 is 4.48 Å². The van der Waals surface area contributed by atoms with Gasteiger partial charge in [-0.05, 0) is 32.8 Å². The summed E-state index contributed by atoms with van der Waals surface area (Å²) in [7, 11) is 4.73. The molecule has 0 bridgehead atoms. The van der Waals surface area contributed by atoms with Crippen LogP contribution in [0.15, 0.2) is 11.6 Å². The molecule has 24 heavy (non-hydrogen) atoms. The predicted molar refractivity (Wildman–Crippen MR) is 112 cm³/mol. The Labute approximate surface area is 154 Å². The van der Waals surface area contributed by atoms with Gasteiger partial charge in [0.15, 0.2) is 0 Å². The lowest BCUT2D eigenvalue weighted by Gasteiger charge is -2.28. The summed E-state index contributed by atoms with van der Waals surface area (Å²) in [6.45, 7) is 9.20. The first-order valence-electron chi connectivity index (χ1n) is 10.9. The second kappa shape index (κ2) is 16.2. The number of quaternary nitrogens is 1. The van der Waals surface area contributed by atoms with Crippen LogP contribution in [0.25, 0.3) is 0 Å². The maximum atomic E-state index is 2.38. The predicted octanol–water partition coefficient (Wildman–Crippen LogP) is 7.51. The third-order valence-electron chi connectivity index (χ3n) is 5.11. The van der Waals surface area contributed by atoms with Gasteiger partial charge in [0.1, 0.15) is 0 Å². The van der Waals surface area contributed by atoms with E-state index in [9.17, 15) is 0 Å². The Balaban J connectivity index is 3.26. The molecule has 0 aliphatic rings. The van der Waals surface area contributed by atoms with Crippen LogP contribution in [0.2, 0.25) is 0 Å². The summed E-state index contributed by atoms with van der Waals surface area (Å²) in [5.41, 5.74) is 1.45. The van der Waals surface area contributed by atoms with E-state index in [-0.39, 0.29) is 0 Å². The molecule has 1 heteroatoms. The Bertz CT molecular complexity index is 286. The Morgan fingerprint density at radius 2 is 1.00 bits per heavy atom. The quantitative estimate of drug-likeness (QED) is 0.146. The molecule has 0 aliphatic carbocycles. The number of nitrogens with zero attached hydrogens (tertiary/aromatic N) is 1. The molecule has 1 nitrogen and oxygen atoms in total. The molecule has 0 heterocycles. The molecule has 0 radical (unpaired) electrons. The van der Waals surface area contributed by atoms with Gasteiger partial charge in [0, 0.05) is 0 Å². The van der Waals surface area contributed by atoms with Crippen molar-refractivity contribution in [3.63, 3.8) is 0 Å². The SMILES string of the molecule is CCCCCCCCCCCCCCCC[N+](C)(C)CC=C(C)C. The van der Waals surface area contributed by atoms with Crippen molar-refractivity contribution in [1.82, 2.24) is 0 Å². The summed E-state index contributed by atoms with van der Waals surface area (Å²) in [6.07, 6.45) is 22.7. The van der Waals surface area contributed by atoms with Crippen molar-refractivity contribution in [3.8, 4) is 0 Å². The van der Waals surface area contributed by atoms with Gasteiger partial charge in [0.2, 0.25) is 0 Å². The fraction of sp³-hybridized carbons (Fsp3) is 0.913. The molecule has 144 valence electrons. The molecular formula is C23H48N+. The molecule has 0 amide bonds. The highest BCUT2D eigenvalue weighted by Crippen LogP contribution is 2.13. The summed E-state index contributed by atoms with van der Waals surface area (Å²) >= 11 is 0. The normalized spacial score (nSPS) is 11.7. The van der Waals surface area contributed by atoms with Crippen LogP contribution in [0, 0.1) is 0 Å². The lowest BCUT2D eigenvalue weighted by molar-refractivity contribution is -0.884. The first-order chi connectivity index (χ1) is 11.5. The van der Waals surface area contributed by atoms with Crippen molar-refractivity contribution in [1.29, 1.82) is 0 Å². The van der Waals surface area contributed by atoms with Crippen molar-refractivity contribution in [2.24, 2.45) is 0 Å². The maximum Gasteiger partial charge on any atom is 0.0972 e. The third-order valence-corrected chi connectivity index (χ3v) is 5.11. The van der Waals surface area contributed by atoms with E-state index in [1.165, 1.54) is 109 Å². The lowest BCUT2D eigenvalue weighted by atomic mass is 10.0. The molecule has 0 fully saturated rings. The van der Waals surface area contributed by atoms with Crippen molar-refractivity contribution in [2.45, 2.75) is 111 Å². The lowest BCUT2D eigenvalue weighted by Crippen LogP contribution is -2.40. The van der Waals surface area contributed by atoms with Crippen molar-refractivity contribution in [3.05, 3.63) is 11.6 Å². The zero-order chi connectivity index (χ0) is 18.1. The Kier molecular flexibility index (Phi) is 16.0. The van der Waals surface area contributed by atoms with E-state index in [4.69, 9.17) is 0 Å². The minimum absolute atomic E-state index is 1.14. The minimum Gasteiger partial charge on any atom is -0.325 e. The zero-order valence-corrected chi connectivity index (χ0v) is 17.8. The molecule has 0 atom stereocenters. The first kappa shape index (κ1) is 23.7. The van der Waals surface area contributed by atoms with E-state index in [1.807, 2.05) is 0 Å². The molecular weight excluding hydrogens is 290 g/mol. The summed E-state index contributed by atoms with van der Waals surface area (Å²) in [5, 5.41) is 0. The Hall–Kier alpha value is -0.300. The fourth-order valence-corrected chi connectivity index (χ4v) is 3.26. The van der Waals surface area contributed by atoms with Gasteiger partial charge in [-0.25, -0.2) is 0 Å². The smallest absolute Gasteiger partial charge is 0.0972 e. The van der Waals surface area contributed by atoms with Gasteiger partial charge < -0.3 is 4.48 Å². The molecule has 0 N–H and O–H groups in total. The van der Waals surface area contributed by atoms with E-state index in [2.05, 4.69) is 40.9 Å². The molecule has 0 aromatic rings. The van der Waals surface area contributed by atoms with Gasteiger partial charge in [-0.1, -0.05) is 89.5 Å². The molecule has 0 aliphatic heterocycles. The summed E-state index contributed by atoms with van der Waals surface area (Å²) in [5.74, 6) is 0. The van der Waals surface area contributed by atoms with E-state index in [0.717, 1.165) is 4.48 Å². The molecule has 0 saturated carbocycles. The second-order valence-corrected chi connectivity index (χ2v) is 8.72. The summed E-state index contributed by atoms with van der Waals surface area (Å²) < 4.78 is 1.14. The number of likely N-dealkylation sites (N-methyl/N-ethyl adjacent to an activating group) is 1. The standard InChI is InChI=1S/C23H48N/c1-6-7-8-9-10-11-12-13-14-15-16-17-18-19-21-24(4,5)22-20-23(2)3/h20H,6-19,21-22H2,1-5H3/q+1. The highest BCUT2D eigenvalue weighted by molar-refractivity contribution is 4.92. The minimum atomic E-state index is 1.14. The van der Waals surface area contributed by atoms with E-state index < -0.39 is 0 Å². The van der Waals surface area contributed by atoms with Crippen molar-refractivity contribution >= 4 is 0 Å².